The number of rotatable bonds is 3. The Morgan fingerprint density at radius 3 is 3.00 bits per heavy atom. The van der Waals surface area contributed by atoms with Gasteiger partial charge in [0.25, 0.3) is 0 Å². The summed E-state index contributed by atoms with van der Waals surface area (Å²) in [5.74, 6) is 0.461. The Hall–Kier alpha value is -2.19. The van der Waals surface area contributed by atoms with E-state index < -0.39 is 5.41 Å². The van der Waals surface area contributed by atoms with Crippen molar-refractivity contribution in [1.82, 2.24) is 9.88 Å². The number of hydrogen-bond donors (Lipinski definition) is 0. The smallest absolute Gasteiger partial charge is 0.232 e. The van der Waals surface area contributed by atoms with Crippen LogP contribution in [0.2, 0.25) is 0 Å². The fraction of sp³-hybridized carbons (Fsp3) is 0.421. The first-order valence-electron chi connectivity index (χ1n) is 8.22. The predicted octanol–water partition coefficient (Wildman–Crippen LogP) is 3.70. The molecule has 2 heterocycles. The molecule has 1 atom stereocenters. The van der Waals surface area contributed by atoms with Crippen LogP contribution >= 0.6 is 11.3 Å². The fourth-order valence-electron chi connectivity index (χ4n) is 3.30. The Labute approximate surface area is 146 Å². The van der Waals surface area contributed by atoms with Crippen molar-refractivity contribution in [3.05, 3.63) is 52.0 Å². The lowest BCUT2D eigenvalue weighted by atomic mass is 9.81. The van der Waals surface area contributed by atoms with Crippen LogP contribution in [-0.4, -0.2) is 28.9 Å². The Kier molecular flexibility index (Phi) is 4.68. The number of nitriles is 1. The van der Waals surface area contributed by atoms with Crippen LogP contribution in [0, 0.1) is 11.3 Å². The van der Waals surface area contributed by atoms with Gasteiger partial charge in [0.2, 0.25) is 5.91 Å². The lowest BCUT2D eigenvalue weighted by molar-refractivity contribution is -0.137. The average molecular weight is 339 g/mol. The van der Waals surface area contributed by atoms with E-state index in [1.165, 1.54) is 0 Å². The van der Waals surface area contributed by atoms with E-state index in [0.717, 1.165) is 36.5 Å². The second-order valence-electron chi connectivity index (χ2n) is 6.78. The van der Waals surface area contributed by atoms with E-state index in [1.807, 2.05) is 48.5 Å². The largest absolute Gasteiger partial charge is 0.341 e. The molecular weight excluding hydrogens is 318 g/mol. The zero-order valence-corrected chi connectivity index (χ0v) is 14.8. The van der Waals surface area contributed by atoms with Crippen molar-refractivity contribution in [2.24, 2.45) is 0 Å². The highest BCUT2D eigenvalue weighted by atomic mass is 32.1. The molecule has 0 saturated carbocycles. The van der Waals surface area contributed by atoms with Crippen LogP contribution in [0.25, 0.3) is 0 Å². The molecule has 5 heteroatoms. The lowest BCUT2D eigenvalue weighted by Crippen LogP contribution is -2.47. The van der Waals surface area contributed by atoms with E-state index in [4.69, 9.17) is 5.26 Å². The number of aromatic nitrogens is 1. The van der Waals surface area contributed by atoms with Crippen LogP contribution in [0.1, 0.15) is 48.7 Å². The predicted molar refractivity (Wildman–Crippen MR) is 94.9 cm³/mol. The summed E-state index contributed by atoms with van der Waals surface area (Å²) < 4.78 is 0. The molecule has 0 spiro atoms. The van der Waals surface area contributed by atoms with Gasteiger partial charge >= 0.3 is 0 Å². The highest BCUT2D eigenvalue weighted by molar-refractivity contribution is 7.09. The molecular formula is C19H21N3OS. The van der Waals surface area contributed by atoms with Gasteiger partial charge in [-0.25, -0.2) is 4.98 Å². The molecule has 0 aliphatic carbocycles. The first-order chi connectivity index (χ1) is 11.5. The summed E-state index contributed by atoms with van der Waals surface area (Å²) in [5, 5.41) is 12.2. The quantitative estimate of drug-likeness (QED) is 0.857. The summed E-state index contributed by atoms with van der Waals surface area (Å²) in [7, 11) is 0. The molecule has 1 fully saturated rings. The highest BCUT2D eigenvalue weighted by Gasteiger charge is 2.36. The van der Waals surface area contributed by atoms with Gasteiger partial charge in [0.15, 0.2) is 0 Å². The van der Waals surface area contributed by atoms with Crippen LogP contribution in [0.4, 0.5) is 0 Å². The van der Waals surface area contributed by atoms with E-state index in [1.54, 1.807) is 17.4 Å². The van der Waals surface area contributed by atoms with E-state index in [0.29, 0.717) is 11.5 Å². The van der Waals surface area contributed by atoms with Crippen LogP contribution in [0.3, 0.4) is 0 Å². The molecule has 2 aromatic rings. The maximum atomic E-state index is 13.2. The Morgan fingerprint density at radius 1 is 1.46 bits per heavy atom. The van der Waals surface area contributed by atoms with Crippen LogP contribution in [0.5, 0.6) is 0 Å². The number of nitrogens with zero attached hydrogens (tertiary/aromatic N) is 3. The molecule has 1 aromatic heterocycles. The SMILES string of the molecule is CC(C)(C(=O)N1CCC[C@H](c2nccs2)C1)c1cccc(C#N)c1. The van der Waals surface area contributed by atoms with Crippen LogP contribution < -0.4 is 0 Å². The molecule has 124 valence electrons. The van der Waals surface area contributed by atoms with E-state index in [-0.39, 0.29) is 5.91 Å². The van der Waals surface area contributed by atoms with Crippen LogP contribution in [0.15, 0.2) is 35.8 Å². The number of carbonyl (C=O) groups excluding carboxylic acids is 1. The Balaban J connectivity index is 1.80. The van der Waals surface area contributed by atoms with Gasteiger partial charge in [0.05, 0.1) is 22.1 Å². The second-order valence-corrected chi connectivity index (χ2v) is 7.70. The maximum Gasteiger partial charge on any atom is 0.232 e. The van der Waals surface area contributed by atoms with Gasteiger partial charge in [-0.15, -0.1) is 11.3 Å². The number of hydrogen-bond acceptors (Lipinski definition) is 4. The summed E-state index contributed by atoms with van der Waals surface area (Å²) in [4.78, 5) is 19.5. The summed E-state index contributed by atoms with van der Waals surface area (Å²) in [5.41, 5.74) is 0.841. The van der Waals surface area contributed by atoms with E-state index >= 15 is 0 Å². The van der Waals surface area contributed by atoms with Crippen molar-refractivity contribution in [2.45, 2.75) is 38.0 Å². The number of benzene rings is 1. The second kappa shape index (κ2) is 6.74. The molecule has 0 unspecified atom stereocenters. The monoisotopic (exact) mass is 339 g/mol. The zero-order valence-electron chi connectivity index (χ0n) is 14.0. The molecule has 1 aliphatic rings. The number of amides is 1. The molecule has 0 bridgehead atoms. The van der Waals surface area contributed by atoms with Gasteiger partial charge < -0.3 is 4.90 Å². The van der Waals surface area contributed by atoms with E-state index in [2.05, 4.69) is 11.1 Å². The summed E-state index contributed by atoms with van der Waals surface area (Å²) >= 11 is 1.67. The van der Waals surface area contributed by atoms with Crippen molar-refractivity contribution in [3.8, 4) is 6.07 Å². The fourth-order valence-corrected chi connectivity index (χ4v) is 4.06. The van der Waals surface area contributed by atoms with Gasteiger partial charge in [-0.05, 0) is 44.4 Å². The minimum Gasteiger partial charge on any atom is -0.341 e. The van der Waals surface area contributed by atoms with Crippen molar-refractivity contribution >= 4 is 17.2 Å². The number of carbonyl (C=O) groups is 1. The van der Waals surface area contributed by atoms with Crippen molar-refractivity contribution in [3.63, 3.8) is 0 Å². The molecule has 0 radical (unpaired) electrons. The van der Waals surface area contributed by atoms with Crippen molar-refractivity contribution in [2.75, 3.05) is 13.1 Å². The first kappa shape index (κ1) is 16.7. The number of likely N-dealkylation sites (tertiary alicyclic amines) is 1. The normalized spacial score (nSPS) is 18.2. The third-order valence-corrected chi connectivity index (χ3v) is 5.70. The van der Waals surface area contributed by atoms with Gasteiger partial charge in [0, 0.05) is 30.6 Å². The minimum absolute atomic E-state index is 0.124. The standard InChI is InChI=1S/C19H21N3OS/c1-19(2,16-7-3-5-14(11-16)12-20)18(23)22-9-4-6-15(13-22)17-21-8-10-24-17/h3,5,7-8,10-11,15H,4,6,9,13H2,1-2H3/t15-/m0/s1. The van der Waals surface area contributed by atoms with Gasteiger partial charge in [-0.3, -0.25) is 4.79 Å². The molecule has 1 amide bonds. The summed E-state index contributed by atoms with van der Waals surface area (Å²) in [6.07, 6.45) is 3.92. The topological polar surface area (TPSA) is 57.0 Å². The molecule has 4 nitrogen and oxygen atoms in total. The molecule has 1 aliphatic heterocycles. The third kappa shape index (κ3) is 3.20. The Morgan fingerprint density at radius 2 is 2.29 bits per heavy atom. The third-order valence-electron chi connectivity index (χ3n) is 4.76. The molecule has 1 saturated heterocycles. The molecule has 3 rings (SSSR count). The summed E-state index contributed by atoms with van der Waals surface area (Å²) in [6, 6.07) is 9.51. The molecule has 1 aromatic carbocycles. The van der Waals surface area contributed by atoms with Gasteiger partial charge in [0.1, 0.15) is 0 Å². The van der Waals surface area contributed by atoms with Crippen molar-refractivity contribution in [1.29, 1.82) is 5.26 Å². The zero-order chi connectivity index (χ0) is 17.2. The van der Waals surface area contributed by atoms with Gasteiger partial charge in [-0.1, -0.05) is 12.1 Å². The Bertz CT molecular complexity index is 761. The molecule has 0 N–H and O–H groups in total. The first-order valence-corrected chi connectivity index (χ1v) is 9.09. The average Bonchev–Trinajstić information content (AvgIpc) is 3.16. The number of thiazole rings is 1. The number of piperidine rings is 1. The lowest BCUT2D eigenvalue weighted by Gasteiger charge is -2.37. The van der Waals surface area contributed by atoms with Gasteiger partial charge in [-0.2, -0.15) is 5.26 Å². The maximum absolute atomic E-state index is 13.2. The summed E-state index contributed by atoms with van der Waals surface area (Å²) in [6.45, 7) is 5.41. The minimum atomic E-state index is -0.641. The highest BCUT2D eigenvalue weighted by Crippen LogP contribution is 2.32. The van der Waals surface area contributed by atoms with Crippen LogP contribution in [-0.2, 0) is 10.2 Å². The van der Waals surface area contributed by atoms with Crippen molar-refractivity contribution < 1.29 is 4.79 Å². The molecule has 24 heavy (non-hydrogen) atoms. The van der Waals surface area contributed by atoms with E-state index in [9.17, 15) is 4.79 Å².